The summed E-state index contributed by atoms with van der Waals surface area (Å²) in [6.07, 6.45) is 0. The van der Waals surface area contributed by atoms with E-state index in [1.54, 1.807) is 0 Å². The van der Waals surface area contributed by atoms with Gasteiger partial charge in [-0.05, 0) is 85.6 Å². The summed E-state index contributed by atoms with van der Waals surface area (Å²) in [5, 5.41) is 10.3. The van der Waals surface area contributed by atoms with Gasteiger partial charge in [0, 0.05) is 42.2 Å². The van der Waals surface area contributed by atoms with Gasteiger partial charge in [0.15, 0.2) is 5.82 Å². The SMILES string of the molecule is c1ccc(-c2cc(-c3cc(-c4ccccc4)nc(-c4ccccc4)n3)cc(-c3cc4c5ccccc5c5ccccc5c4c4sc5ccccc5c34)c2)cc1. The van der Waals surface area contributed by atoms with Crippen LogP contribution in [-0.4, -0.2) is 9.97 Å². The molecule has 0 aliphatic heterocycles. The van der Waals surface area contributed by atoms with Crippen LogP contribution in [0.15, 0.2) is 194 Å². The average molecular weight is 717 g/mol. The number of nitrogens with zero attached hydrogens (tertiary/aromatic N) is 2. The maximum atomic E-state index is 5.29. The van der Waals surface area contributed by atoms with Gasteiger partial charge in [-0.3, -0.25) is 0 Å². The molecule has 2 aromatic heterocycles. The lowest BCUT2D eigenvalue weighted by Crippen LogP contribution is -1.96. The fraction of sp³-hybridized carbons (Fsp3) is 0. The smallest absolute Gasteiger partial charge is 0.160 e. The summed E-state index contributed by atoms with van der Waals surface area (Å²) in [4.78, 5) is 10.4. The zero-order valence-corrected chi connectivity index (χ0v) is 30.6. The maximum absolute atomic E-state index is 5.29. The van der Waals surface area contributed by atoms with Crippen LogP contribution in [0.2, 0.25) is 0 Å². The van der Waals surface area contributed by atoms with Gasteiger partial charge in [-0.25, -0.2) is 9.97 Å². The predicted octanol–water partition coefficient (Wildman–Crippen LogP) is 14.6. The van der Waals surface area contributed by atoms with Gasteiger partial charge < -0.3 is 0 Å². The van der Waals surface area contributed by atoms with Gasteiger partial charge in [0.25, 0.3) is 0 Å². The number of benzene rings is 9. The van der Waals surface area contributed by atoms with Crippen LogP contribution in [0.5, 0.6) is 0 Å². The first kappa shape index (κ1) is 31.6. The highest BCUT2D eigenvalue weighted by Gasteiger charge is 2.20. The second-order valence-corrected chi connectivity index (χ2v) is 15.2. The van der Waals surface area contributed by atoms with E-state index in [2.05, 4.69) is 170 Å². The third-order valence-corrected chi connectivity index (χ3v) is 12.0. The molecule has 11 aromatic rings. The molecule has 0 spiro atoms. The predicted molar refractivity (Wildman–Crippen MR) is 235 cm³/mol. The molecule has 0 radical (unpaired) electrons. The molecule has 2 nitrogen and oxygen atoms in total. The first-order valence-electron chi connectivity index (χ1n) is 18.7. The zero-order valence-electron chi connectivity index (χ0n) is 29.8. The molecule has 0 aliphatic rings. The Labute approximate surface area is 322 Å². The molecule has 0 saturated heterocycles. The van der Waals surface area contributed by atoms with Crippen LogP contribution in [0.25, 0.3) is 109 Å². The monoisotopic (exact) mass is 716 g/mol. The highest BCUT2D eigenvalue weighted by atomic mass is 32.1. The number of thiophene rings is 1. The van der Waals surface area contributed by atoms with Crippen molar-refractivity contribution in [1.29, 1.82) is 0 Å². The van der Waals surface area contributed by atoms with Crippen molar-refractivity contribution in [3.63, 3.8) is 0 Å². The summed E-state index contributed by atoms with van der Waals surface area (Å²) in [5.74, 6) is 0.707. The summed E-state index contributed by atoms with van der Waals surface area (Å²) in [6, 6.07) is 69.7. The van der Waals surface area contributed by atoms with E-state index in [4.69, 9.17) is 9.97 Å². The molecule has 2 heterocycles. The maximum Gasteiger partial charge on any atom is 0.160 e. The van der Waals surface area contributed by atoms with E-state index in [0.717, 1.165) is 44.8 Å². The van der Waals surface area contributed by atoms with Crippen molar-refractivity contribution in [3.05, 3.63) is 194 Å². The summed E-state index contributed by atoms with van der Waals surface area (Å²) < 4.78 is 2.61. The third kappa shape index (κ3) is 5.32. The van der Waals surface area contributed by atoms with Crippen LogP contribution in [0, 0.1) is 0 Å². The van der Waals surface area contributed by atoms with Crippen molar-refractivity contribution in [1.82, 2.24) is 9.97 Å². The highest BCUT2D eigenvalue weighted by molar-refractivity contribution is 7.27. The average Bonchev–Trinajstić information content (AvgIpc) is 3.66. The van der Waals surface area contributed by atoms with Gasteiger partial charge in [-0.15, -0.1) is 11.3 Å². The second-order valence-electron chi connectivity index (χ2n) is 14.1. The van der Waals surface area contributed by atoms with E-state index in [1.807, 2.05) is 35.6 Å². The van der Waals surface area contributed by atoms with E-state index >= 15 is 0 Å². The fourth-order valence-corrected chi connectivity index (χ4v) is 9.58. The molecule has 256 valence electrons. The molecule has 0 bridgehead atoms. The highest BCUT2D eigenvalue weighted by Crippen LogP contribution is 2.49. The van der Waals surface area contributed by atoms with Crippen LogP contribution in [0.4, 0.5) is 0 Å². The quantitative estimate of drug-likeness (QED) is 0.166. The van der Waals surface area contributed by atoms with Gasteiger partial charge >= 0.3 is 0 Å². The van der Waals surface area contributed by atoms with Crippen molar-refractivity contribution in [3.8, 4) is 56.2 Å². The molecule has 0 atom stereocenters. The van der Waals surface area contributed by atoms with Crippen LogP contribution < -0.4 is 0 Å². The van der Waals surface area contributed by atoms with Crippen LogP contribution in [0.3, 0.4) is 0 Å². The normalized spacial score (nSPS) is 11.6. The topological polar surface area (TPSA) is 25.8 Å². The molecule has 0 saturated carbocycles. The van der Waals surface area contributed by atoms with Crippen molar-refractivity contribution < 1.29 is 0 Å². The van der Waals surface area contributed by atoms with Gasteiger partial charge in [0.2, 0.25) is 0 Å². The van der Waals surface area contributed by atoms with Crippen LogP contribution >= 0.6 is 11.3 Å². The minimum Gasteiger partial charge on any atom is -0.228 e. The number of hydrogen-bond acceptors (Lipinski definition) is 3. The van der Waals surface area contributed by atoms with E-state index in [-0.39, 0.29) is 0 Å². The summed E-state index contributed by atoms with van der Waals surface area (Å²) >= 11 is 1.90. The Morgan fingerprint density at radius 3 is 1.49 bits per heavy atom. The van der Waals surface area contributed by atoms with Crippen molar-refractivity contribution in [2.75, 3.05) is 0 Å². The Bertz CT molecular complexity index is 3180. The van der Waals surface area contributed by atoms with E-state index in [0.29, 0.717) is 5.82 Å². The molecule has 0 N–H and O–H groups in total. The first-order chi connectivity index (χ1) is 27.3. The zero-order chi connectivity index (χ0) is 36.3. The molecule has 55 heavy (non-hydrogen) atoms. The molecule has 9 aromatic carbocycles. The largest absolute Gasteiger partial charge is 0.228 e. The molecule has 0 aliphatic carbocycles. The first-order valence-corrected chi connectivity index (χ1v) is 19.5. The molecule has 0 unspecified atom stereocenters. The minimum absolute atomic E-state index is 0.707. The third-order valence-electron chi connectivity index (χ3n) is 10.8. The molecule has 3 heteroatoms. The Kier molecular flexibility index (Phi) is 7.39. The molecular formula is C52H32N2S. The van der Waals surface area contributed by atoms with Crippen molar-refractivity contribution in [2.45, 2.75) is 0 Å². The molecule has 11 rings (SSSR count). The van der Waals surface area contributed by atoms with Crippen molar-refractivity contribution >= 4 is 63.8 Å². The molecule has 0 amide bonds. The number of rotatable bonds is 5. The van der Waals surface area contributed by atoms with Gasteiger partial charge in [0.05, 0.1) is 11.4 Å². The number of aromatic nitrogens is 2. The summed E-state index contributed by atoms with van der Waals surface area (Å²) in [7, 11) is 0. The number of hydrogen-bond donors (Lipinski definition) is 0. The minimum atomic E-state index is 0.707. The second kappa shape index (κ2) is 12.9. The summed E-state index contributed by atoms with van der Waals surface area (Å²) in [6.45, 7) is 0. The Hall–Kier alpha value is -6.94. The Morgan fingerprint density at radius 1 is 0.309 bits per heavy atom. The lowest BCUT2D eigenvalue weighted by atomic mass is 9.88. The van der Waals surface area contributed by atoms with E-state index in [9.17, 15) is 0 Å². The van der Waals surface area contributed by atoms with Crippen molar-refractivity contribution in [2.24, 2.45) is 0 Å². The van der Waals surface area contributed by atoms with Gasteiger partial charge in [-0.1, -0.05) is 158 Å². The summed E-state index contributed by atoms with van der Waals surface area (Å²) in [5.41, 5.74) is 9.56. The Balaban J connectivity index is 1.26. The van der Waals surface area contributed by atoms with E-state index in [1.165, 1.54) is 58.1 Å². The van der Waals surface area contributed by atoms with Crippen LogP contribution in [-0.2, 0) is 0 Å². The lowest BCUT2D eigenvalue weighted by Gasteiger charge is -2.16. The van der Waals surface area contributed by atoms with Crippen LogP contribution in [0.1, 0.15) is 0 Å². The van der Waals surface area contributed by atoms with Gasteiger partial charge in [-0.2, -0.15) is 0 Å². The molecular weight excluding hydrogens is 685 g/mol. The lowest BCUT2D eigenvalue weighted by molar-refractivity contribution is 1.18. The standard InChI is InChI=1S/C52H32N2S/c1-4-16-33(17-5-1)36-28-37(30-38(29-36)47-32-46(34-18-6-2-7-19-34)53-52(54-47)35-20-8-3-9-21-35)44-31-45-41-24-11-10-22-39(41)40-23-12-13-25-42(40)49(45)51-50(44)43-26-14-15-27-48(43)55-51/h1-32H. The number of fused-ring (bicyclic) bond motifs is 10. The molecule has 0 fully saturated rings. The fourth-order valence-electron chi connectivity index (χ4n) is 8.29. The Morgan fingerprint density at radius 2 is 0.800 bits per heavy atom. The van der Waals surface area contributed by atoms with E-state index < -0.39 is 0 Å². The van der Waals surface area contributed by atoms with Gasteiger partial charge in [0.1, 0.15) is 0 Å².